The van der Waals surface area contributed by atoms with Crippen molar-refractivity contribution in [3.63, 3.8) is 0 Å². The number of anilines is 1. The summed E-state index contributed by atoms with van der Waals surface area (Å²) in [6, 6.07) is 14.1. The molecule has 0 aliphatic heterocycles. The van der Waals surface area contributed by atoms with Crippen molar-refractivity contribution in [3.8, 4) is 11.5 Å². The summed E-state index contributed by atoms with van der Waals surface area (Å²) < 4.78 is 6.77. The van der Waals surface area contributed by atoms with Gasteiger partial charge < -0.3 is 9.73 Å². The molecule has 0 saturated heterocycles. The van der Waals surface area contributed by atoms with Gasteiger partial charge in [-0.15, -0.1) is 0 Å². The zero-order chi connectivity index (χ0) is 21.4. The number of carbonyl (C=O) groups excluding carboxylic acids is 1. The Bertz CT molecular complexity index is 1320. The fraction of sp³-hybridized carbons (Fsp3) is 0. The Labute approximate surface area is 193 Å². The van der Waals surface area contributed by atoms with E-state index in [-0.39, 0.29) is 16.3 Å². The van der Waals surface area contributed by atoms with Gasteiger partial charge in [0.15, 0.2) is 5.58 Å². The summed E-state index contributed by atoms with van der Waals surface area (Å²) in [4.78, 5) is 27.4. The minimum absolute atomic E-state index is 0.00236. The van der Waals surface area contributed by atoms with Gasteiger partial charge in [-0.05, 0) is 65.1 Å². The number of nitrogens with zero attached hydrogens (tertiary/aromatic N) is 2. The summed E-state index contributed by atoms with van der Waals surface area (Å²) >= 11 is 14.5. The van der Waals surface area contributed by atoms with Gasteiger partial charge in [-0.2, -0.15) is 0 Å². The van der Waals surface area contributed by atoms with Crippen LogP contribution >= 0.6 is 45.8 Å². The number of aromatic nitrogens is 1. The maximum Gasteiger partial charge on any atom is 0.270 e. The van der Waals surface area contributed by atoms with Crippen LogP contribution in [0.3, 0.4) is 0 Å². The van der Waals surface area contributed by atoms with Crippen molar-refractivity contribution in [2.45, 2.75) is 0 Å². The van der Waals surface area contributed by atoms with Gasteiger partial charge in [0.1, 0.15) is 5.52 Å². The minimum Gasteiger partial charge on any atom is -0.436 e. The number of hydrogen-bond acceptors (Lipinski definition) is 5. The molecule has 3 aromatic carbocycles. The van der Waals surface area contributed by atoms with Crippen LogP contribution in [0.1, 0.15) is 10.4 Å². The van der Waals surface area contributed by atoms with Crippen molar-refractivity contribution in [2.75, 3.05) is 5.32 Å². The van der Waals surface area contributed by atoms with Crippen molar-refractivity contribution in [2.24, 2.45) is 0 Å². The molecule has 0 radical (unpaired) electrons. The number of halogens is 3. The van der Waals surface area contributed by atoms with E-state index in [9.17, 15) is 14.9 Å². The van der Waals surface area contributed by atoms with Crippen LogP contribution < -0.4 is 5.32 Å². The van der Waals surface area contributed by atoms with Crippen LogP contribution in [0.15, 0.2) is 59.0 Å². The molecule has 1 heterocycles. The van der Waals surface area contributed by atoms with Crippen LogP contribution in [0.25, 0.3) is 22.6 Å². The first-order valence-corrected chi connectivity index (χ1v) is 10.3. The van der Waals surface area contributed by atoms with Gasteiger partial charge >= 0.3 is 0 Å². The molecule has 0 unspecified atom stereocenters. The maximum absolute atomic E-state index is 12.6. The van der Waals surface area contributed by atoms with Crippen molar-refractivity contribution in [1.82, 2.24) is 4.98 Å². The van der Waals surface area contributed by atoms with Gasteiger partial charge in [0.2, 0.25) is 5.89 Å². The van der Waals surface area contributed by atoms with Crippen LogP contribution in [0.2, 0.25) is 10.0 Å². The van der Waals surface area contributed by atoms with Gasteiger partial charge in [-0.1, -0.05) is 23.2 Å². The fourth-order valence-corrected chi connectivity index (χ4v) is 3.67. The first-order chi connectivity index (χ1) is 14.3. The Morgan fingerprint density at radius 1 is 1.07 bits per heavy atom. The van der Waals surface area contributed by atoms with Gasteiger partial charge in [-0.25, -0.2) is 4.98 Å². The third-order valence-electron chi connectivity index (χ3n) is 4.21. The zero-order valence-corrected chi connectivity index (χ0v) is 18.5. The van der Waals surface area contributed by atoms with Gasteiger partial charge in [0, 0.05) is 21.4 Å². The molecular weight excluding hydrogens is 544 g/mol. The number of hydrogen-bond donors (Lipinski definition) is 1. The number of carbonyl (C=O) groups is 1. The average Bonchev–Trinajstić information content (AvgIpc) is 3.13. The topological polar surface area (TPSA) is 98.3 Å². The normalized spacial score (nSPS) is 10.9. The highest BCUT2D eigenvalue weighted by Gasteiger charge is 2.17. The molecule has 0 fully saturated rings. The lowest BCUT2D eigenvalue weighted by atomic mass is 10.2. The van der Waals surface area contributed by atoms with E-state index in [2.05, 4.69) is 32.9 Å². The number of fused-ring (bicyclic) bond motifs is 1. The van der Waals surface area contributed by atoms with Gasteiger partial charge in [0.05, 0.1) is 26.1 Å². The largest absolute Gasteiger partial charge is 0.436 e. The van der Waals surface area contributed by atoms with Crippen LogP contribution in [-0.4, -0.2) is 15.8 Å². The van der Waals surface area contributed by atoms with E-state index in [4.69, 9.17) is 27.6 Å². The molecule has 0 spiro atoms. The van der Waals surface area contributed by atoms with E-state index < -0.39 is 10.8 Å². The number of oxazole rings is 1. The Hall–Kier alpha value is -2.69. The van der Waals surface area contributed by atoms with Crippen LogP contribution in [0.5, 0.6) is 0 Å². The first-order valence-electron chi connectivity index (χ1n) is 8.43. The average molecular weight is 554 g/mol. The lowest BCUT2D eigenvalue weighted by Gasteiger charge is -2.06. The lowest BCUT2D eigenvalue weighted by molar-refractivity contribution is -0.384. The molecule has 1 N–H and O–H groups in total. The zero-order valence-electron chi connectivity index (χ0n) is 14.9. The Kier molecular flexibility index (Phi) is 5.63. The molecule has 0 aliphatic rings. The summed E-state index contributed by atoms with van der Waals surface area (Å²) in [5.74, 6) is -0.217. The third kappa shape index (κ3) is 4.11. The van der Waals surface area contributed by atoms with Crippen molar-refractivity contribution < 1.29 is 14.1 Å². The van der Waals surface area contributed by atoms with E-state index in [1.807, 2.05) is 12.1 Å². The number of rotatable bonds is 4. The Balaban J connectivity index is 1.65. The van der Waals surface area contributed by atoms with E-state index >= 15 is 0 Å². The Morgan fingerprint density at radius 2 is 1.83 bits per heavy atom. The first kappa shape index (κ1) is 20.6. The third-order valence-corrected chi connectivity index (χ3v) is 5.54. The van der Waals surface area contributed by atoms with E-state index in [1.165, 1.54) is 12.1 Å². The molecule has 10 heteroatoms. The molecule has 1 aromatic heterocycles. The highest BCUT2D eigenvalue weighted by atomic mass is 127. The monoisotopic (exact) mass is 553 g/mol. The Morgan fingerprint density at radius 3 is 2.60 bits per heavy atom. The van der Waals surface area contributed by atoms with Crippen LogP contribution in [0, 0.1) is 13.7 Å². The molecule has 4 aromatic rings. The molecule has 0 saturated carbocycles. The predicted octanol–water partition coefficient (Wildman–Crippen LogP) is 6.57. The molecule has 0 bridgehead atoms. The summed E-state index contributed by atoms with van der Waals surface area (Å²) in [7, 11) is 0. The van der Waals surface area contributed by atoms with E-state index in [0.717, 1.165) is 9.64 Å². The molecule has 0 aliphatic carbocycles. The second-order valence-electron chi connectivity index (χ2n) is 6.20. The number of nitrogens with one attached hydrogen (secondary N) is 1. The standard InChI is InChI=1S/C20H10Cl2IN3O4/c21-15-5-3-12(26(28)29)9-13(15)19(27)24-11-2-6-18-17(8-11)25-20(30-18)14-7-10(23)1-4-16(14)22/h1-9H,(H,24,27). The summed E-state index contributed by atoms with van der Waals surface area (Å²) in [6.07, 6.45) is 0. The van der Waals surface area contributed by atoms with Crippen molar-refractivity contribution in [3.05, 3.63) is 83.9 Å². The lowest BCUT2D eigenvalue weighted by Crippen LogP contribution is -2.12. The fourth-order valence-electron chi connectivity index (χ4n) is 2.78. The number of benzene rings is 3. The smallest absolute Gasteiger partial charge is 0.270 e. The minimum atomic E-state index is -0.591. The highest BCUT2D eigenvalue weighted by Crippen LogP contribution is 2.32. The number of amides is 1. The van der Waals surface area contributed by atoms with Crippen molar-refractivity contribution >= 4 is 74.2 Å². The van der Waals surface area contributed by atoms with Crippen molar-refractivity contribution in [1.29, 1.82) is 0 Å². The summed E-state index contributed by atoms with van der Waals surface area (Å²) in [5, 5.41) is 14.2. The summed E-state index contributed by atoms with van der Waals surface area (Å²) in [5.41, 5.74) is 1.90. The maximum atomic E-state index is 12.6. The van der Waals surface area contributed by atoms with Gasteiger partial charge in [0.25, 0.3) is 11.6 Å². The van der Waals surface area contributed by atoms with E-state index in [1.54, 1.807) is 24.3 Å². The molecular formula is C20H10Cl2IN3O4. The number of nitro groups is 1. The quantitative estimate of drug-likeness (QED) is 0.175. The second kappa shape index (κ2) is 8.21. The predicted molar refractivity (Wildman–Crippen MR) is 123 cm³/mol. The van der Waals surface area contributed by atoms with Gasteiger partial charge in [-0.3, -0.25) is 14.9 Å². The molecule has 4 rings (SSSR count). The SMILES string of the molecule is O=C(Nc1ccc2oc(-c3cc(I)ccc3Cl)nc2c1)c1cc([N+](=O)[O-])ccc1Cl. The molecule has 30 heavy (non-hydrogen) atoms. The summed E-state index contributed by atoms with van der Waals surface area (Å²) in [6.45, 7) is 0. The molecule has 1 amide bonds. The van der Waals surface area contributed by atoms with Crippen LogP contribution in [0.4, 0.5) is 11.4 Å². The highest BCUT2D eigenvalue weighted by molar-refractivity contribution is 14.1. The molecule has 7 nitrogen and oxygen atoms in total. The van der Waals surface area contributed by atoms with E-state index in [0.29, 0.717) is 33.3 Å². The molecule has 0 atom stereocenters. The van der Waals surface area contributed by atoms with Crippen LogP contribution in [-0.2, 0) is 0 Å². The number of non-ortho nitro benzene ring substituents is 1. The second-order valence-corrected chi connectivity index (χ2v) is 8.26. The molecule has 150 valence electrons. The number of nitro benzene ring substituents is 1.